The predicted octanol–water partition coefficient (Wildman–Crippen LogP) is 3.32. The van der Waals surface area contributed by atoms with E-state index >= 15 is 0 Å². The monoisotopic (exact) mass is 527 g/mol. The van der Waals surface area contributed by atoms with Crippen LogP contribution >= 0.6 is 23.2 Å². The minimum Gasteiger partial charge on any atom is -0.477 e. The predicted molar refractivity (Wildman–Crippen MR) is 125 cm³/mol. The minimum absolute atomic E-state index is 0.118. The van der Waals surface area contributed by atoms with Crippen molar-refractivity contribution < 1.29 is 38.4 Å². The van der Waals surface area contributed by atoms with E-state index in [0.29, 0.717) is 49.6 Å². The van der Waals surface area contributed by atoms with Gasteiger partial charge >= 0.3 is 12.2 Å². The number of nitrogens with zero attached hydrogens (tertiary/aromatic N) is 1. The molecule has 2 bridgehead atoms. The van der Waals surface area contributed by atoms with Crippen LogP contribution in [0.4, 0.5) is 9.59 Å². The SMILES string of the molecule is O=C(OCCCCl)Oc1ccc2c3c1O[C@H]1C(=O)CC[C@@]4(O)[C@@H](C2)N(C(=O)OCCCCl)CC[C@]314. The number of hydrogen-bond acceptors (Lipinski definition) is 8. The van der Waals surface area contributed by atoms with E-state index in [4.69, 9.17) is 42.1 Å². The van der Waals surface area contributed by atoms with Gasteiger partial charge in [0.05, 0.1) is 30.3 Å². The first-order valence-corrected chi connectivity index (χ1v) is 12.9. The Hall–Kier alpha value is -2.23. The summed E-state index contributed by atoms with van der Waals surface area (Å²) in [4.78, 5) is 39.8. The summed E-state index contributed by atoms with van der Waals surface area (Å²) in [5, 5.41) is 12.2. The summed E-state index contributed by atoms with van der Waals surface area (Å²) in [5.41, 5.74) is -0.902. The molecule has 1 saturated heterocycles. The third-order valence-electron chi connectivity index (χ3n) is 7.67. The molecule has 1 amide bonds. The number of carbonyl (C=O) groups excluding carboxylic acids is 3. The highest BCUT2D eigenvalue weighted by Crippen LogP contribution is 2.64. The first-order chi connectivity index (χ1) is 16.9. The average molecular weight is 528 g/mol. The standard InChI is InChI=1S/C24H27Cl2NO8/c25-8-1-11-32-21(29)27-10-7-23-18-14-3-4-16(34-22(30)33-12-2-9-26)19(18)35-20(23)15(28)5-6-24(23,31)17(27)13-14/h3-4,17,20,31H,1-2,5-13H2/t17-,20+,23+,24-/m1/s1. The Morgan fingerprint density at radius 1 is 1.14 bits per heavy atom. The fraction of sp³-hybridized carbons (Fsp3) is 0.625. The Labute approximate surface area is 212 Å². The van der Waals surface area contributed by atoms with Gasteiger partial charge < -0.3 is 29.0 Å². The van der Waals surface area contributed by atoms with Gasteiger partial charge in [0.2, 0.25) is 0 Å². The van der Waals surface area contributed by atoms with Gasteiger partial charge in [0, 0.05) is 30.3 Å². The number of carbonyl (C=O) groups is 3. The zero-order valence-corrected chi connectivity index (χ0v) is 20.6. The lowest BCUT2D eigenvalue weighted by molar-refractivity contribution is -0.183. The maximum absolute atomic E-state index is 13.1. The highest BCUT2D eigenvalue weighted by molar-refractivity contribution is 6.18. The van der Waals surface area contributed by atoms with Crippen molar-refractivity contribution in [2.75, 3.05) is 31.5 Å². The van der Waals surface area contributed by atoms with Gasteiger partial charge in [-0.05, 0) is 43.7 Å². The molecule has 1 N–H and O–H groups in total. The maximum atomic E-state index is 13.1. The lowest BCUT2D eigenvalue weighted by Crippen LogP contribution is -2.77. The first kappa shape index (κ1) is 24.5. The van der Waals surface area contributed by atoms with Crippen molar-refractivity contribution in [1.82, 2.24) is 4.90 Å². The highest BCUT2D eigenvalue weighted by atomic mass is 35.5. The van der Waals surface area contributed by atoms with Crippen molar-refractivity contribution in [3.05, 3.63) is 23.3 Å². The quantitative estimate of drug-likeness (QED) is 0.248. The van der Waals surface area contributed by atoms with Crippen LogP contribution in [-0.2, 0) is 26.1 Å². The second-order valence-corrected chi connectivity index (χ2v) is 10.1. The Balaban J connectivity index is 1.51. The van der Waals surface area contributed by atoms with E-state index in [2.05, 4.69) is 0 Å². The molecule has 190 valence electrons. The van der Waals surface area contributed by atoms with Crippen LogP contribution in [0.2, 0.25) is 0 Å². The maximum Gasteiger partial charge on any atom is 0.513 e. The molecular formula is C24H27Cl2NO8. The minimum atomic E-state index is -1.40. The summed E-state index contributed by atoms with van der Waals surface area (Å²) >= 11 is 11.3. The van der Waals surface area contributed by atoms with E-state index < -0.39 is 35.4 Å². The summed E-state index contributed by atoms with van der Waals surface area (Å²) in [5.74, 6) is 1.04. The molecule has 0 radical (unpaired) electrons. The van der Waals surface area contributed by atoms with E-state index in [1.165, 1.54) is 0 Å². The third-order valence-corrected chi connectivity index (χ3v) is 8.21. The summed E-state index contributed by atoms with van der Waals surface area (Å²) in [6.45, 7) is 0.610. The average Bonchev–Trinajstić information content (AvgIpc) is 3.19. The van der Waals surface area contributed by atoms with Crippen LogP contribution in [0.25, 0.3) is 0 Å². The van der Waals surface area contributed by atoms with E-state index in [9.17, 15) is 19.5 Å². The number of hydrogen-bond donors (Lipinski definition) is 1. The van der Waals surface area contributed by atoms with Gasteiger partial charge in [-0.15, -0.1) is 23.2 Å². The topological polar surface area (TPSA) is 112 Å². The van der Waals surface area contributed by atoms with Crippen molar-refractivity contribution in [3.63, 3.8) is 0 Å². The number of halogens is 2. The van der Waals surface area contributed by atoms with Crippen molar-refractivity contribution in [1.29, 1.82) is 0 Å². The normalized spacial score (nSPS) is 29.8. The molecule has 4 atom stereocenters. The summed E-state index contributed by atoms with van der Waals surface area (Å²) in [6.07, 6.45) is -0.312. The van der Waals surface area contributed by atoms with Gasteiger partial charge in [0.25, 0.3) is 0 Å². The number of benzene rings is 1. The largest absolute Gasteiger partial charge is 0.513 e. The molecule has 5 rings (SSSR count). The summed E-state index contributed by atoms with van der Waals surface area (Å²) in [7, 11) is 0. The summed E-state index contributed by atoms with van der Waals surface area (Å²) in [6, 6.07) is 2.81. The lowest BCUT2D eigenvalue weighted by Gasteiger charge is -2.61. The summed E-state index contributed by atoms with van der Waals surface area (Å²) < 4.78 is 22.0. The lowest BCUT2D eigenvalue weighted by atomic mass is 9.49. The van der Waals surface area contributed by atoms with Crippen molar-refractivity contribution >= 4 is 41.2 Å². The number of aliphatic hydroxyl groups is 1. The number of piperidine rings is 1. The first-order valence-electron chi connectivity index (χ1n) is 11.9. The number of ketones is 1. The van der Waals surface area contributed by atoms with Crippen LogP contribution in [0, 0.1) is 0 Å². The fourth-order valence-corrected chi connectivity index (χ4v) is 6.46. The molecule has 0 aromatic heterocycles. The molecule has 1 aromatic rings. The van der Waals surface area contributed by atoms with E-state index in [1.807, 2.05) is 0 Å². The van der Waals surface area contributed by atoms with Gasteiger partial charge in [-0.3, -0.25) is 4.79 Å². The molecule has 11 heteroatoms. The Bertz CT molecular complexity index is 1050. The second kappa shape index (κ2) is 9.33. The Kier molecular flexibility index (Phi) is 6.52. The molecule has 2 aliphatic carbocycles. The number of alkyl halides is 2. The molecule has 1 saturated carbocycles. The van der Waals surface area contributed by atoms with E-state index in [0.717, 1.165) is 5.56 Å². The smallest absolute Gasteiger partial charge is 0.477 e. The van der Waals surface area contributed by atoms with Gasteiger partial charge in [-0.1, -0.05) is 6.07 Å². The third kappa shape index (κ3) is 3.65. The molecule has 0 unspecified atom stereocenters. The van der Waals surface area contributed by atoms with Crippen LogP contribution < -0.4 is 9.47 Å². The molecular weight excluding hydrogens is 501 g/mol. The highest BCUT2D eigenvalue weighted by Gasteiger charge is 2.73. The molecule has 2 fully saturated rings. The van der Waals surface area contributed by atoms with E-state index in [1.54, 1.807) is 17.0 Å². The van der Waals surface area contributed by atoms with Crippen LogP contribution in [0.15, 0.2) is 12.1 Å². The zero-order chi connectivity index (χ0) is 24.8. The molecule has 2 heterocycles. The van der Waals surface area contributed by atoms with Gasteiger partial charge in [-0.2, -0.15) is 0 Å². The van der Waals surface area contributed by atoms with Crippen LogP contribution in [0.1, 0.15) is 43.2 Å². The molecule has 4 aliphatic rings. The van der Waals surface area contributed by atoms with Crippen molar-refractivity contribution in [2.45, 2.75) is 61.7 Å². The fourth-order valence-electron chi connectivity index (χ4n) is 6.24. The molecule has 35 heavy (non-hydrogen) atoms. The number of Topliss-reactive ketones (excluding diaryl/α,β-unsaturated/α-hetero) is 1. The molecule has 2 aliphatic heterocycles. The van der Waals surface area contributed by atoms with Crippen LogP contribution in [-0.4, -0.2) is 77.3 Å². The van der Waals surface area contributed by atoms with E-state index in [-0.39, 0.29) is 43.3 Å². The second-order valence-electron chi connectivity index (χ2n) is 9.35. The van der Waals surface area contributed by atoms with Gasteiger partial charge in [0.1, 0.15) is 0 Å². The number of likely N-dealkylation sites (tertiary alicyclic amines) is 1. The molecule has 1 spiro atoms. The van der Waals surface area contributed by atoms with Gasteiger partial charge in [0.15, 0.2) is 23.4 Å². The Morgan fingerprint density at radius 3 is 2.63 bits per heavy atom. The number of amides is 1. The number of rotatable bonds is 7. The van der Waals surface area contributed by atoms with Crippen LogP contribution in [0.5, 0.6) is 11.5 Å². The van der Waals surface area contributed by atoms with Crippen molar-refractivity contribution in [3.8, 4) is 11.5 Å². The Morgan fingerprint density at radius 2 is 1.89 bits per heavy atom. The molecule has 9 nitrogen and oxygen atoms in total. The van der Waals surface area contributed by atoms with Crippen molar-refractivity contribution in [2.24, 2.45) is 0 Å². The molecule has 1 aromatic carbocycles. The van der Waals surface area contributed by atoms with Gasteiger partial charge in [-0.25, -0.2) is 9.59 Å². The zero-order valence-electron chi connectivity index (χ0n) is 19.1. The van der Waals surface area contributed by atoms with Crippen LogP contribution in [0.3, 0.4) is 0 Å². The number of ether oxygens (including phenoxy) is 4.